The number of hydrogen-bond donors (Lipinski definition) is 1. The summed E-state index contributed by atoms with van der Waals surface area (Å²) in [5.41, 5.74) is 2.84. The second-order valence-electron chi connectivity index (χ2n) is 8.37. The second-order valence-corrected chi connectivity index (χ2v) is 8.37. The number of carbonyl (C=O) groups is 2. The van der Waals surface area contributed by atoms with Gasteiger partial charge in [-0.15, -0.1) is 0 Å². The Balaban J connectivity index is 1.90. The van der Waals surface area contributed by atoms with Crippen molar-refractivity contribution < 1.29 is 19.1 Å². The number of carbonyl (C=O) groups excluding carboxylic acids is 2. The molecule has 0 saturated carbocycles. The number of ether oxygens (including phenoxy) is 2. The van der Waals surface area contributed by atoms with Gasteiger partial charge in [0.15, 0.2) is 0 Å². The third kappa shape index (κ3) is 8.26. The van der Waals surface area contributed by atoms with Gasteiger partial charge >= 0.3 is 0 Å². The fourth-order valence-electron chi connectivity index (χ4n) is 3.90. The molecule has 3 aromatic carbocycles. The van der Waals surface area contributed by atoms with Crippen LogP contribution in [0, 0.1) is 0 Å². The van der Waals surface area contributed by atoms with Gasteiger partial charge in [0.2, 0.25) is 11.8 Å². The van der Waals surface area contributed by atoms with Gasteiger partial charge in [-0.05, 0) is 35.2 Å². The van der Waals surface area contributed by atoms with Crippen LogP contribution >= 0.6 is 0 Å². The number of nitrogens with one attached hydrogen (secondary N) is 1. The number of nitrogens with zero attached hydrogens (tertiary/aromatic N) is 1. The number of methoxy groups -OCH3 is 2. The minimum absolute atomic E-state index is 0.0972. The highest BCUT2D eigenvalue weighted by molar-refractivity contribution is 5.88. The predicted octanol–water partition coefficient (Wildman–Crippen LogP) is 4.03. The first-order valence-corrected chi connectivity index (χ1v) is 11.9. The normalized spacial score (nSPS) is 11.5. The number of benzene rings is 3. The van der Waals surface area contributed by atoms with E-state index in [0.29, 0.717) is 32.5 Å². The van der Waals surface area contributed by atoms with E-state index in [1.165, 1.54) is 0 Å². The SMILES string of the molecule is COCCCNC(=O)C(Cc1ccccc1)N(Cc1ccc(OC)cc1)C(=O)Cc1ccccc1. The van der Waals surface area contributed by atoms with E-state index < -0.39 is 6.04 Å². The van der Waals surface area contributed by atoms with Crippen molar-refractivity contribution in [1.82, 2.24) is 10.2 Å². The molecule has 0 saturated heterocycles. The van der Waals surface area contributed by atoms with E-state index in [0.717, 1.165) is 22.4 Å². The van der Waals surface area contributed by atoms with Gasteiger partial charge in [0, 0.05) is 33.2 Å². The molecule has 0 aliphatic heterocycles. The Labute approximate surface area is 207 Å². The zero-order valence-electron chi connectivity index (χ0n) is 20.5. The van der Waals surface area contributed by atoms with Crippen LogP contribution < -0.4 is 10.1 Å². The summed E-state index contributed by atoms with van der Waals surface area (Å²) < 4.78 is 10.4. The molecular weight excluding hydrogens is 440 g/mol. The Morgan fingerprint density at radius 3 is 2.06 bits per heavy atom. The van der Waals surface area contributed by atoms with Crippen LogP contribution in [-0.4, -0.2) is 50.1 Å². The quantitative estimate of drug-likeness (QED) is 0.380. The fraction of sp³-hybridized carbons (Fsp3) is 0.310. The Hall–Kier alpha value is -3.64. The molecule has 0 aliphatic rings. The highest BCUT2D eigenvalue weighted by Crippen LogP contribution is 2.18. The summed E-state index contributed by atoms with van der Waals surface area (Å²) in [6.45, 7) is 1.37. The summed E-state index contributed by atoms with van der Waals surface area (Å²) >= 11 is 0. The van der Waals surface area contributed by atoms with Gasteiger partial charge < -0.3 is 19.7 Å². The molecule has 0 fully saturated rings. The van der Waals surface area contributed by atoms with Crippen molar-refractivity contribution in [2.75, 3.05) is 27.4 Å². The van der Waals surface area contributed by atoms with Crippen molar-refractivity contribution in [2.45, 2.75) is 31.8 Å². The minimum Gasteiger partial charge on any atom is -0.497 e. The third-order valence-corrected chi connectivity index (χ3v) is 5.81. The van der Waals surface area contributed by atoms with E-state index >= 15 is 0 Å². The fourth-order valence-corrected chi connectivity index (χ4v) is 3.90. The predicted molar refractivity (Wildman–Crippen MR) is 137 cm³/mol. The summed E-state index contributed by atoms with van der Waals surface area (Å²) in [6, 6.07) is 26.4. The van der Waals surface area contributed by atoms with E-state index in [-0.39, 0.29) is 18.2 Å². The van der Waals surface area contributed by atoms with Crippen LogP contribution in [0.5, 0.6) is 5.75 Å². The maximum Gasteiger partial charge on any atom is 0.243 e. The number of hydrogen-bond acceptors (Lipinski definition) is 4. The number of amides is 2. The Kier molecular flexibility index (Phi) is 10.3. The van der Waals surface area contributed by atoms with Gasteiger partial charge in [0.05, 0.1) is 13.5 Å². The van der Waals surface area contributed by atoms with E-state index in [4.69, 9.17) is 9.47 Å². The molecule has 0 spiro atoms. The lowest BCUT2D eigenvalue weighted by Crippen LogP contribution is -2.51. The smallest absolute Gasteiger partial charge is 0.243 e. The molecule has 3 aromatic rings. The van der Waals surface area contributed by atoms with E-state index in [1.807, 2.05) is 84.9 Å². The molecular formula is C29H34N2O4. The largest absolute Gasteiger partial charge is 0.497 e. The summed E-state index contributed by atoms with van der Waals surface area (Å²) in [4.78, 5) is 28.8. The second kappa shape index (κ2) is 13.9. The number of rotatable bonds is 13. The molecule has 1 atom stereocenters. The molecule has 0 radical (unpaired) electrons. The van der Waals surface area contributed by atoms with Gasteiger partial charge in [-0.25, -0.2) is 0 Å². The molecule has 1 unspecified atom stereocenters. The molecule has 0 heterocycles. The summed E-state index contributed by atoms with van der Waals surface area (Å²) in [7, 11) is 3.26. The van der Waals surface area contributed by atoms with Gasteiger partial charge in [-0.3, -0.25) is 9.59 Å². The van der Waals surface area contributed by atoms with Gasteiger partial charge in [-0.2, -0.15) is 0 Å². The molecule has 3 rings (SSSR count). The lowest BCUT2D eigenvalue weighted by atomic mass is 10.0. The van der Waals surface area contributed by atoms with Crippen LogP contribution in [0.3, 0.4) is 0 Å². The monoisotopic (exact) mass is 474 g/mol. The Bertz CT molecular complexity index is 1040. The van der Waals surface area contributed by atoms with Crippen molar-refractivity contribution in [2.24, 2.45) is 0 Å². The highest BCUT2D eigenvalue weighted by Gasteiger charge is 2.30. The first-order chi connectivity index (χ1) is 17.1. The van der Waals surface area contributed by atoms with Crippen molar-refractivity contribution in [3.8, 4) is 5.75 Å². The zero-order valence-corrected chi connectivity index (χ0v) is 20.5. The summed E-state index contributed by atoms with van der Waals surface area (Å²) in [5.74, 6) is 0.479. The first-order valence-electron chi connectivity index (χ1n) is 11.9. The Morgan fingerprint density at radius 2 is 1.46 bits per heavy atom. The molecule has 0 aromatic heterocycles. The third-order valence-electron chi connectivity index (χ3n) is 5.81. The van der Waals surface area contributed by atoms with Crippen LogP contribution in [0.4, 0.5) is 0 Å². The van der Waals surface area contributed by atoms with E-state index in [9.17, 15) is 9.59 Å². The molecule has 1 N–H and O–H groups in total. The van der Waals surface area contributed by atoms with E-state index in [1.54, 1.807) is 19.1 Å². The Morgan fingerprint density at radius 1 is 0.829 bits per heavy atom. The summed E-state index contributed by atoms with van der Waals surface area (Å²) in [6.07, 6.45) is 1.35. The van der Waals surface area contributed by atoms with Crippen LogP contribution in [0.1, 0.15) is 23.1 Å². The molecule has 0 bridgehead atoms. The van der Waals surface area contributed by atoms with Crippen LogP contribution in [-0.2, 0) is 33.7 Å². The molecule has 2 amide bonds. The van der Waals surface area contributed by atoms with Crippen LogP contribution in [0.2, 0.25) is 0 Å². The van der Waals surface area contributed by atoms with Crippen molar-refractivity contribution in [3.63, 3.8) is 0 Å². The van der Waals surface area contributed by atoms with Crippen LogP contribution in [0.25, 0.3) is 0 Å². The molecule has 6 heteroatoms. The van der Waals surface area contributed by atoms with Crippen LogP contribution in [0.15, 0.2) is 84.9 Å². The maximum atomic E-state index is 13.7. The van der Waals surface area contributed by atoms with E-state index in [2.05, 4.69) is 5.32 Å². The van der Waals surface area contributed by atoms with Crippen molar-refractivity contribution in [1.29, 1.82) is 0 Å². The average Bonchev–Trinajstić information content (AvgIpc) is 2.90. The summed E-state index contributed by atoms with van der Waals surface area (Å²) in [5, 5.41) is 3.01. The minimum atomic E-state index is -0.654. The average molecular weight is 475 g/mol. The highest BCUT2D eigenvalue weighted by atomic mass is 16.5. The van der Waals surface area contributed by atoms with Crippen molar-refractivity contribution in [3.05, 3.63) is 102 Å². The molecule has 6 nitrogen and oxygen atoms in total. The lowest BCUT2D eigenvalue weighted by molar-refractivity contribution is -0.140. The molecule has 184 valence electrons. The van der Waals surface area contributed by atoms with Gasteiger partial charge in [-0.1, -0.05) is 72.8 Å². The first kappa shape index (κ1) is 26.0. The standard InChI is InChI=1S/C29H34N2O4/c1-34-19-9-18-30-29(33)27(20-23-10-5-3-6-11-23)31(22-25-14-16-26(35-2)17-15-25)28(32)21-24-12-7-4-8-13-24/h3-8,10-17,27H,9,18-22H2,1-2H3,(H,30,33). The van der Waals surface area contributed by atoms with Crippen molar-refractivity contribution >= 4 is 11.8 Å². The zero-order chi connectivity index (χ0) is 24.9. The van der Waals surface area contributed by atoms with Gasteiger partial charge in [0.1, 0.15) is 11.8 Å². The van der Waals surface area contributed by atoms with Gasteiger partial charge in [0.25, 0.3) is 0 Å². The lowest BCUT2D eigenvalue weighted by Gasteiger charge is -2.32. The molecule has 35 heavy (non-hydrogen) atoms. The topological polar surface area (TPSA) is 67.9 Å². The molecule has 0 aliphatic carbocycles. The maximum absolute atomic E-state index is 13.7.